The molecule has 0 unspecified atom stereocenters. The Morgan fingerprint density at radius 2 is 2.18 bits per heavy atom. The third-order valence-electron chi connectivity index (χ3n) is 2.65. The highest BCUT2D eigenvalue weighted by Crippen LogP contribution is 2.34. The molecule has 4 nitrogen and oxygen atoms in total. The molecule has 1 fully saturated rings. The first-order chi connectivity index (χ1) is 7.78. The summed E-state index contributed by atoms with van der Waals surface area (Å²) in [5.41, 5.74) is -0.0459. The molecule has 1 heterocycles. The molecule has 1 N–H and O–H groups in total. The van der Waals surface area contributed by atoms with Crippen LogP contribution in [-0.2, 0) is 20.3 Å². The van der Waals surface area contributed by atoms with E-state index in [4.69, 9.17) is 10.7 Å². The second kappa shape index (κ2) is 4.26. The van der Waals surface area contributed by atoms with E-state index in [1.54, 1.807) is 6.07 Å². The summed E-state index contributed by atoms with van der Waals surface area (Å²) >= 11 is 1.03. The molecule has 2 rings (SSSR count). The molecule has 1 amide bonds. The predicted molar refractivity (Wildman–Crippen MR) is 66.8 cm³/mol. The van der Waals surface area contributed by atoms with E-state index < -0.39 is 9.05 Å². The van der Waals surface area contributed by atoms with Gasteiger partial charge >= 0.3 is 0 Å². The molecule has 17 heavy (non-hydrogen) atoms. The van der Waals surface area contributed by atoms with E-state index in [1.807, 2.05) is 6.92 Å². The lowest BCUT2D eigenvalue weighted by molar-refractivity contribution is -0.121. The van der Waals surface area contributed by atoms with Crippen LogP contribution in [0.3, 0.4) is 0 Å². The molecule has 0 radical (unpaired) electrons. The molecule has 1 aliphatic rings. The van der Waals surface area contributed by atoms with Gasteiger partial charge in [-0.15, -0.1) is 11.3 Å². The summed E-state index contributed by atoms with van der Waals surface area (Å²) in [5.74, 6) is -0.0784. The van der Waals surface area contributed by atoms with Crippen molar-refractivity contribution in [2.45, 2.75) is 35.9 Å². The highest BCUT2D eigenvalue weighted by Gasteiger charge is 2.38. The Morgan fingerprint density at radius 3 is 2.65 bits per heavy atom. The van der Waals surface area contributed by atoms with Crippen LogP contribution in [0.15, 0.2) is 16.3 Å². The third-order valence-corrected chi connectivity index (χ3v) is 5.83. The molecule has 94 valence electrons. The van der Waals surface area contributed by atoms with Crippen molar-refractivity contribution in [2.24, 2.45) is 0 Å². The molecule has 0 saturated heterocycles. The zero-order valence-corrected chi connectivity index (χ0v) is 11.6. The second-order valence-electron chi connectivity index (χ2n) is 4.44. The Hall–Kier alpha value is -0.590. The van der Waals surface area contributed by atoms with E-state index in [-0.39, 0.29) is 22.1 Å². The van der Waals surface area contributed by atoms with E-state index in [9.17, 15) is 13.2 Å². The van der Waals surface area contributed by atoms with Gasteiger partial charge in [-0.3, -0.25) is 4.79 Å². The molecule has 0 aliphatic heterocycles. The topological polar surface area (TPSA) is 63.2 Å². The number of carbonyl (C=O) groups is 1. The molecule has 0 spiro atoms. The van der Waals surface area contributed by atoms with Crippen LogP contribution in [0.4, 0.5) is 0 Å². The molecule has 1 aromatic heterocycles. The molecular formula is C10H12ClNO3S2. The van der Waals surface area contributed by atoms with Gasteiger partial charge in [0, 0.05) is 21.1 Å². The standard InChI is InChI=1S/C10H12ClNO3S2/c1-10(4-5-10)12-8(13)6-7-2-3-9(16-7)17(11,14)15/h2-3H,4-6H2,1H3,(H,12,13). The van der Waals surface area contributed by atoms with Crippen molar-refractivity contribution >= 4 is 37.0 Å². The zero-order valence-electron chi connectivity index (χ0n) is 9.20. The molecule has 7 heteroatoms. The van der Waals surface area contributed by atoms with Crippen LogP contribution in [0.1, 0.15) is 24.6 Å². The number of hydrogen-bond donors (Lipinski definition) is 1. The van der Waals surface area contributed by atoms with Crippen molar-refractivity contribution < 1.29 is 13.2 Å². The van der Waals surface area contributed by atoms with Crippen molar-refractivity contribution in [3.8, 4) is 0 Å². The van der Waals surface area contributed by atoms with Gasteiger partial charge in [0.1, 0.15) is 4.21 Å². The van der Waals surface area contributed by atoms with Crippen molar-refractivity contribution in [3.05, 3.63) is 17.0 Å². The normalized spacial score (nSPS) is 17.8. The van der Waals surface area contributed by atoms with Crippen molar-refractivity contribution in [3.63, 3.8) is 0 Å². The summed E-state index contributed by atoms with van der Waals surface area (Å²) in [4.78, 5) is 12.3. The van der Waals surface area contributed by atoms with Gasteiger partial charge in [-0.2, -0.15) is 0 Å². The minimum Gasteiger partial charge on any atom is -0.351 e. The maximum atomic E-state index is 11.6. The van der Waals surface area contributed by atoms with E-state index in [0.29, 0.717) is 4.88 Å². The number of carbonyl (C=O) groups excluding carboxylic acids is 1. The molecule has 1 saturated carbocycles. The van der Waals surface area contributed by atoms with Gasteiger partial charge in [-0.1, -0.05) is 0 Å². The largest absolute Gasteiger partial charge is 0.351 e. The maximum absolute atomic E-state index is 11.6. The maximum Gasteiger partial charge on any atom is 0.270 e. The lowest BCUT2D eigenvalue weighted by atomic mass is 10.3. The van der Waals surface area contributed by atoms with Crippen molar-refractivity contribution in [1.82, 2.24) is 5.32 Å². The van der Waals surface area contributed by atoms with Crippen LogP contribution in [0, 0.1) is 0 Å². The highest BCUT2D eigenvalue weighted by molar-refractivity contribution is 8.15. The fraction of sp³-hybridized carbons (Fsp3) is 0.500. The predicted octanol–water partition coefficient (Wildman–Crippen LogP) is 1.89. The van der Waals surface area contributed by atoms with Crippen LogP contribution < -0.4 is 5.32 Å². The van der Waals surface area contributed by atoms with E-state index in [1.165, 1.54) is 6.07 Å². The van der Waals surface area contributed by atoms with Crippen LogP contribution in [0.25, 0.3) is 0 Å². The van der Waals surface area contributed by atoms with Gasteiger partial charge in [0.2, 0.25) is 5.91 Å². The fourth-order valence-corrected chi connectivity index (χ4v) is 3.56. The monoisotopic (exact) mass is 293 g/mol. The first-order valence-corrected chi connectivity index (χ1v) is 8.25. The molecule has 0 bridgehead atoms. The average molecular weight is 294 g/mol. The van der Waals surface area contributed by atoms with Gasteiger partial charge in [0.15, 0.2) is 0 Å². The summed E-state index contributed by atoms with van der Waals surface area (Å²) < 4.78 is 22.2. The number of nitrogens with one attached hydrogen (secondary N) is 1. The number of rotatable bonds is 4. The van der Waals surface area contributed by atoms with Crippen LogP contribution in [0.5, 0.6) is 0 Å². The lowest BCUT2D eigenvalue weighted by Gasteiger charge is -2.10. The summed E-state index contributed by atoms with van der Waals surface area (Å²) in [5, 5.41) is 2.91. The number of amides is 1. The fourth-order valence-electron chi connectivity index (χ4n) is 1.44. The Kier molecular flexibility index (Phi) is 3.22. The Bertz CT molecular complexity index is 546. The molecular weight excluding hydrogens is 282 g/mol. The Balaban J connectivity index is 1.99. The van der Waals surface area contributed by atoms with Crippen LogP contribution >= 0.6 is 22.0 Å². The van der Waals surface area contributed by atoms with Gasteiger partial charge in [0.05, 0.1) is 6.42 Å². The SMILES string of the molecule is CC1(NC(=O)Cc2ccc(S(=O)(=O)Cl)s2)CC1. The number of thiophene rings is 1. The highest BCUT2D eigenvalue weighted by atomic mass is 35.7. The van der Waals surface area contributed by atoms with Gasteiger partial charge in [0.25, 0.3) is 9.05 Å². The second-order valence-corrected chi connectivity index (χ2v) is 8.41. The van der Waals surface area contributed by atoms with Crippen molar-refractivity contribution in [1.29, 1.82) is 0 Å². The molecule has 0 atom stereocenters. The number of halogens is 1. The van der Waals surface area contributed by atoms with Gasteiger partial charge < -0.3 is 5.32 Å². The van der Waals surface area contributed by atoms with E-state index in [2.05, 4.69) is 5.32 Å². The van der Waals surface area contributed by atoms with Gasteiger partial charge in [-0.05, 0) is 31.9 Å². The van der Waals surface area contributed by atoms with Gasteiger partial charge in [-0.25, -0.2) is 8.42 Å². The minimum atomic E-state index is -3.68. The molecule has 1 aliphatic carbocycles. The lowest BCUT2D eigenvalue weighted by Crippen LogP contribution is -2.35. The van der Waals surface area contributed by atoms with E-state index in [0.717, 1.165) is 24.2 Å². The summed E-state index contributed by atoms with van der Waals surface area (Å²) in [7, 11) is 1.53. The Labute approximate surface area is 108 Å². The number of hydrogen-bond acceptors (Lipinski definition) is 4. The average Bonchev–Trinajstić information content (AvgIpc) is 2.73. The third kappa shape index (κ3) is 3.43. The first kappa shape index (κ1) is 12.9. The Morgan fingerprint density at radius 1 is 1.53 bits per heavy atom. The van der Waals surface area contributed by atoms with Crippen LogP contribution in [0.2, 0.25) is 0 Å². The van der Waals surface area contributed by atoms with Crippen molar-refractivity contribution in [2.75, 3.05) is 0 Å². The summed E-state index contributed by atoms with van der Waals surface area (Å²) in [6, 6.07) is 3.04. The smallest absolute Gasteiger partial charge is 0.270 e. The zero-order chi connectivity index (χ0) is 12.7. The molecule has 1 aromatic rings. The first-order valence-electron chi connectivity index (χ1n) is 5.13. The quantitative estimate of drug-likeness (QED) is 0.862. The minimum absolute atomic E-state index is 0.0459. The summed E-state index contributed by atoms with van der Waals surface area (Å²) in [6.45, 7) is 1.99. The molecule has 0 aromatic carbocycles. The summed E-state index contributed by atoms with van der Waals surface area (Å²) in [6.07, 6.45) is 2.21. The van der Waals surface area contributed by atoms with Crippen LogP contribution in [-0.4, -0.2) is 19.9 Å². The van der Waals surface area contributed by atoms with E-state index >= 15 is 0 Å².